The molecular formula is C64H69BN2O. The highest BCUT2D eigenvalue weighted by Crippen LogP contribution is 2.56. The first kappa shape index (κ1) is 44.5. The standard InChI is InChI=1S/C64H69BN2O/c1-60(2,3)40-19-26-44(27-20-40)66(45-28-21-41(22-29-45)61(4,5)6)47-37-54-58-55(38-47)68-59-51(34-33-50-56(59)49-32-18-39-16-15-17-48(39)57(49)64(50,13)14)65(58)52-36-43(63(10,11)12)25-35-53(52)67(54)46-30-23-42(24-31-46)62(7,8)9/h18-38H,15-17H2,1-14H3. The molecule has 7 aromatic rings. The monoisotopic (exact) mass is 893 g/mol. The summed E-state index contributed by atoms with van der Waals surface area (Å²) in [4.78, 5) is 4.97. The van der Waals surface area contributed by atoms with Crippen molar-refractivity contribution < 1.29 is 4.74 Å². The second-order valence-corrected chi connectivity index (χ2v) is 25.0. The van der Waals surface area contributed by atoms with Crippen LogP contribution < -0.4 is 30.9 Å². The summed E-state index contributed by atoms with van der Waals surface area (Å²) in [5.74, 6) is 1.93. The van der Waals surface area contributed by atoms with Crippen molar-refractivity contribution in [1.82, 2.24) is 0 Å². The predicted octanol–water partition coefficient (Wildman–Crippen LogP) is 15.5. The molecule has 0 saturated carbocycles. The van der Waals surface area contributed by atoms with E-state index < -0.39 is 0 Å². The summed E-state index contributed by atoms with van der Waals surface area (Å²) in [6.45, 7) is 32.5. The molecular weight excluding hydrogens is 824 g/mol. The molecule has 68 heavy (non-hydrogen) atoms. The highest BCUT2D eigenvalue weighted by Gasteiger charge is 2.47. The van der Waals surface area contributed by atoms with E-state index in [9.17, 15) is 0 Å². The molecule has 0 bridgehead atoms. The number of hydrogen-bond acceptors (Lipinski definition) is 3. The molecule has 0 aromatic heterocycles. The van der Waals surface area contributed by atoms with Gasteiger partial charge in [-0.3, -0.25) is 0 Å². The Morgan fingerprint density at radius 1 is 0.529 bits per heavy atom. The van der Waals surface area contributed by atoms with Crippen molar-refractivity contribution in [3.05, 3.63) is 172 Å². The Labute approximate surface area is 407 Å². The second kappa shape index (κ2) is 15.0. The minimum Gasteiger partial charge on any atom is -0.458 e. The highest BCUT2D eigenvalue weighted by molar-refractivity contribution is 6.99. The summed E-state index contributed by atoms with van der Waals surface area (Å²) >= 11 is 0. The van der Waals surface area contributed by atoms with E-state index in [4.69, 9.17) is 4.74 Å². The van der Waals surface area contributed by atoms with Gasteiger partial charge < -0.3 is 14.5 Å². The lowest BCUT2D eigenvalue weighted by atomic mass is 9.33. The highest BCUT2D eigenvalue weighted by atomic mass is 16.5. The number of fused-ring (bicyclic) bond motifs is 10. The van der Waals surface area contributed by atoms with Crippen LogP contribution in [0, 0.1) is 0 Å². The van der Waals surface area contributed by atoms with Gasteiger partial charge in [-0.25, -0.2) is 0 Å². The lowest BCUT2D eigenvalue weighted by Crippen LogP contribution is -2.59. The number of benzene rings is 7. The quantitative estimate of drug-likeness (QED) is 0.164. The van der Waals surface area contributed by atoms with E-state index in [1.165, 1.54) is 85.0 Å². The predicted molar refractivity (Wildman–Crippen MR) is 291 cm³/mol. The number of aryl methyl sites for hydroxylation is 1. The van der Waals surface area contributed by atoms with E-state index in [0.717, 1.165) is 46.4 Å². The van der Waals surface area contributed by atoms with Crippen LogP contribution in [-0.2, 0) is 39.9 Å². The van der Waals surface area contributed by atoms with Crippen LogP contribution in [0.4, 0.5) is 34.1 Å². The molecule has 2 aliphatic carbocycles. The van der Waals surface area contributed by atoms with Crippen molar-refractivity contribution in [2.24, 2.45) is 0 Å². The maximum Gasteiger partial charge on any atom is 0.256 e. The number of ether oxygens (including phenoxy) is 1. The van der Waals surface area contributed by atoms with Gasteiger partial charge in [0.25, 0.3) is 6.71 Å². The van der Waals surface area contributed by atoms with Crippen LogP contribution in [0.3, 0.4) is 0 Å². The van der Waals surface area contributed by atoms with Gasteiger partial charge in [-0.1, -0.05) is 170 Å². The van der Waals surface area contributed by atoms with Gasteiger partial charge in [-0.15, -0.1) is 0 Å². The van der Waals surface area contributed by atoms with E-state index in [-0.39, 0.29) is 33.8 Å². The van der Waals surface area contributed by atoms with Gasteiger partial charge in [0.1, 0.15) is 11.5 Å². The third-order valence-electron chi connectivity index (χ3n) is 15.9. The Kier molecular flexibility index (Phi) is 9.82. The fraction of sp³-hybridized carbons (Fsp3) is 0.344. The average molecular weight is 893 g/mol. The van der Waals surface area contributed by atoms with Crippen LogP contribution >= 0.6 is 0 Å². The Morgan fingerprint density at radius 3 is 1.66 bits per heavy atom. The van der Waals surface area contributed by atoms with E-state index in [1.54, 1.807) is 5.56 Å². The first-order valence-electron chi connectivity index (χ1n) is 25.3. The Hall–Kier alpha value is -6.00. The average Bonchev–Trinajstić information content (AvgIpc) is 3.85. The largest absolute Gasteiger partial charge is 0.458 e. The molecule has 0 spiro atoms. The van der Waals surface area contributed by atoms with E-state index in [2.05, 4.69) is 234 Å². The number of anilines is 6. The minimum absolute atomic E-state index is 0.0285. The van der Waals surface area contributed by atoms with Crippen molar-refractivity contribution in [3.63, 3.8) is 0 Å². The second-order valence-electron chi connectivity index (χ2n) is 25.0. The van der Waals surface area contributed by atoms with Crippen molar-refractivity contribution >= 4 is 57.2 Å². The molecule has 7 aromatic carbocycles. The number of rotatable bonds is 4. The Morgan fingerprint density at radius 2 is 1.09 bits per heavy atom. The van der Waals surface area contributed by atoms with Crippen LogP contribution in [0.2, 0.25) is 0 Å². The van der Waals surface area contributed by atoms with Crippen molar-refractivity contribution in [2.45, 2.75) is 143 Å². The van der Waals surface area contributed by atoms with Crippen LogP contribution in [0.5, 0.6) is 11.5 Å². The van der Waals surface area contributed by atoms with Gasteiger partial charge in [-0.2, -0.15) is 0 Å². The van der Waals surface area contributed by atoms with Crippen LogP contribution in [-0.4, -0.2) is 6.71 Å². The van der Waals surface area contributed by atoms with Crippen molar-refractivity contribution in [1.29, 1.82) is 0 Å². The summed E-state index contributed by atoms with van der Waals surface area (Å²) in [5, 5.41) is 0. The zero-order valence-corrected chi connectivity index (χ0v) is 43.1. The lowest BCUT2D eigenvalue weighted by Gasteiger charge is -2.42. The summed E-state index contributed by atoms with van der Waals surface area (Å²) in [5.41, 5.74) is 24.3. The first-order chi connectivity index (χ1) is 32.0. The molecule has 0 N–H and O–H groups in total. The molecule has 2 aliphatic heterocycles. The molecule has 11 rings (SSSR count). The maximum absolute atomic E-state index is 7.73. The van der Waals surface area contributed by atoms with E-state index in [0.29, 0.717) is 0 Å². The molecule has 0 atom stereocenters. The molecule has 0 unspecified atom stereocenters. The summed E-state index contributed by atoms with van der Waals surface area (Å²) < 4.78 is 7.73. The third-order valence-corrected chi connectivity index (χ3v) is 15.9. The van der Waals surface area contributed by atoms with Crippen LogP contribution in [0.15, 0.2) is 127 Å². The number of nitrogens with zero attached hydrogens (tertiary/aromatic N) is 2. The molecule has 0 radical (unpaired) electrons. The van der Waals surface area contributed by atoms with Gasteiger partial charge in [0.15, 0.2) is 0 Å². The molecule has 0 amide bonds. The third kappa shape index (κ3) is 6.98. The topological polar surface area (TPSA) is 15.7 Å². The van der Waals surface area contributed by atoms with Crippen LogP contribution in [0.25, 0.3) is 11.1 Å². The Balaban J connectivity index is 1.21. The molecule has 4 aliphatic rings. The Bertz CT molecular complexity index is 3110. The smallest absolute Gasteiger partial charge is 0.256 e. The zero-order valence-electron chi connectivity index (χ0n) is 43.1. The molecule has 0 saturated heterocycles. The van der Waals surface area contributed by atoms with E-state index >= 15 is 0 Å². The van der Waals surface area contributed by atoms with Crippen molar-refractivity contribution in [3.8, 4) is 22.6 Å². The normalized spacial score (nSPS) is 15.5. The summed E-state index contributed by atoms with van der Waals surface area (Å²) in [7, 11) is 0. The summed E-state index contributed by atoms with van der Waals surface area (Å²) in [6, 6.07) is 49.6. The van der Waals surface area contributed by atoms with Gasteiger partial charge in [0, 0.05) is 45.5 Å². The van der Waals surface area contributed by atoms with Crippen LogP contribution in [0.1, 0.15) is 148 Å². The number of hydrogen-bond donors (Lipinski definition) is 0. The SMILES string of the molecule is CC(C)(C)c1ccc(N(c2ccc(C(C)(C)C)cc2)c2cc3c4c(c2)N(c2ccc(C(C)(C)C)cc2)c2ccc(C(C)(C)C)cc2B4c2ccc4c(c2O3)-c2ccc3c(c2C4(C)C)CCC3)cc1. The fourth-order valence-electron chi connectivity index (χ4n) is 12.0. The summed E-state index contributed by atoms with van der Waals surface area (Å²) in [6.07, 6.45) is 3.54. The molecule has 0 fully saturated rings. The molecule has 4 heteroatoms. The molecule has 3 nitrogen and oxygen atoms in total. The van der Waals surface area contributed by atoms with E-state index in [1.807, 2.05) is 0 Å². The lowest BCUT2D eigenvalue weighted by molar-refractivity contribution is 0.488. The molecule has 344 valence electrons. The molecule has 2 heterocycles. The van der Waals surface area contributed by atoms with Crippen molar-refractivity contribution in [2.75, 3.05) is 9.80 Å². The van der Waals surface area contributed by atoms with Gasteiger partial charge in [0.05, 0.1) is 5.69 Å². The van der Waals surface area contributed by atoms with Gasteiger partial charge >= 0.3 is 0 Å². The maximum atomic E-state index is 7.73. The van der Waals surface area contributed by atoms with Gasteiger partial charge in [0.2, 0.25) is 0 Å². The van der Waals surface area contributed by atoms with Gasteiger partial charge in [-0.05, 0) is 156 Å². The first-order valence-corrected chi connectivity index (χ1v) is 25.3. The fourth-order valence-corrected chi connectivity index (χ4v) is 12.0. The minimum atomic E-state index is -0.138. The zero-order chi connectivity index (χ0) is 48.0.